The normalized spacial score (nSPS) is 27.5. The van der Waals surface area contributed by atoms with Crippen LogP contribution in [-0.4, -0.2) is 24.5 Å². The summed E-state index contributed by atoms with van der Waals surface area (Å²) in [7, 11) is 2.25. The van der Waals surface area contributed by atoms with Crippen molar-refractivity contribution in [3.8, 4) is 0 Å². The van der Waals surface area contributed by atoms with Gasteiger partial charge in [0.1, 0.15) is 5.82 Å². The second kappa shape index (κ2) is 5.51. The van der Waals surface area contributed by atoms with Gasteiger partial charge in [-0.25, -0.2) is 4.39 Å². The summed E-state index contributed by atoms with van der Waals surface area (Å²) in [5, 5.41) is 0. The van der Waals surface area contributed by atoms with Gasteiger partial charge in [-0.05, 0) is 61.1 Å². The van der Waals surface area contributed by atoms with Crippen LogP contribution in [-0.2, 0) is 12.8 Å². The van der Waals surface area contributed by atoms with Crippen LogP contribution in [0.5, 0.6) is 0 Å². The van der Waals surface area contributed by atoms with Crippen molar-refractivity contribution in [2.24, 2.45) is 5.92 Å². The molecular weight excluding hydrogens is 273 g/mol. The number of hydrogen-bond donors (Lipinski definition) is 0. The Hall–Kier alpha value is -1.67. The van der Waals surface area contributed by atoms with Crippen molar-refractivity contribution in [3.63, 3.8) is 0 Å². The predicted octanol–water partition coefficient (Wildman–Crippen LogP) is 4.03. The van der Waals surface area contributed by atoms with Crippen molar-refractivity contribution in [2.45, 2.75) is 31.2 Å². The fourth-order valence-corrected chi connectivity index (χ4v) is 4.51. The number of rotatable bonds is 2. The van der Waals surface area contributed by atoms with E-state index < -0.39 is 0 Å². The molecule has 2 aromatic carbocycles. The van der Waals surface area contributed by atoms with Crippen molar-refractivity contribution in [2.75, 3.05) is 13.6 Å². The van der Waals surface area contributed by atoms with Gasteiger partial charge in [-0.2, -0.15) is 0 Å². The summed E-state index contributed by atoms with van der Waals surface area (Å²) in [5.74, 6) is 1.25. The van der Waals surface area contributed by atoms with Crippen LogP contribution in [0, 0.1) is 11.7 Å². The van der Waals surface area contributed by atoms with E-state index in [-0.39, 0.29) is 5.82 Å². The molecule has 0 spiro atoms. The second-order valence-corrected chi connectivity index (χ2v) is 6.85. The van der Waals surface area contributed by atoms with Gasteiger partial charge in [0.25, 0.3) is 0 Å². The van der Waals surface area contributed by atoms with Crippen LogP contribution in [0.25, 0.3) is 0 Å². The molecule has 0 amide bonds. The quantitative estimate of drug-likeness (QED) is 0.808. The van der Waals surface area contributed by atoms with E-state index in [4.69, 9.17) is 0 Å². The first-order chi connectivity index (χ1) is 10.7. The Kier molecular flexibility index (Phi) is 3.50. The molecule has 1 saturated heterocycles. The molecule has 114 valence electrons. The lowest BCUT2D eigenvalue weighted by Gasteiger charge is -2.31. The van der Waals surface area contributed by atoms with Gasteiger partial charge in [-0.3, -0.25) is 0 Å². The van der Waals surface area contributed by atoms with E-state index in [2.05, 4.69) is 36.2 Å². The van der Waals surface area contributed by atoms with Crippen molar-refractivity contribution in [1.29, 1.82) is 0 Å². The van der Waals surface area contributed by atoms with E-state index in [1.54, 1.807) is 23.3 Å². The van der Waals surface area contributed by atoms with E-state index in [1.165, 1.54) is 18.4 Å². The third-order valence-corrected chi connectivity index (χ3v) is 5.62. The smallest absolute Gasteiger partial charge is 0.123 e. The molecule has 22 heavy (non-hydrogen) atoms. The Bertz CT molecular complexity index is 664. The average Bonchev–Trinajstić information content (AvgIpc) is 2.86. The van der Waals surface area contributed by atoms with Gasteiger partial charge in [0.2, 0.25) is 0 Å². The summed E-state index contributed by atoms with van der Waals surface area (Å²) >= 11 is 0. The summed E-state index contributed by atoms with van der Waals surface area (Å²) in [5.41, 5.74) is 4.35. The molecule has 0 bridgehead atoms. The monoisotopic (exact) mass is 295 g/mol. The maximum atomic E-state index is 13.1. The SMILES string of the molecule is CN1C[C@@H]2c3ccccc3CCC2[C@H]1Cc1ccc(F)cc1. The van der Waals surface area contributed by atoms with Gasteiger partial charge in [0.15, 0.2) is 0 Å². The molecule has 2 aliphatic rings. The fraction of sp³-hybridized carbons (Fsp3) is 0.400. The highest BCUT2D eigenvalue weighted by Crippen LogP contribution is 2.45. The molecule has 3 atom stereocenters. The van der Waals surface area contributed by atoms with Crippen LogP contribution in [0.4, 0.5) is 4.39 Å². The topological polar surface area (TPSA) is 3.24 Å². The third-order valence-electron chi connectivity index (χ3n) is 5.62. The molecule has 0 radical (unpaired) electrons. The second-order valence-electron chi connectivity index (χ2n) is 6.85. The van der Waals surface area contributed by atoms with Crippen molar-refractivity contribution >= 4 is 0 Å². The van der Waals surface area contributed by atoms with E-state index in [0.717, 1.165) is 18.9 Å². The standard InChI is InChI=1S/C20H22FN/c1-22-13-19-17-5-3-2-4-15(17)8-11-18(19)20(22)12-14-6-9-16(21)10-7-14/h2-7,9-10,18-20H,8,11-13H2,1H3/t18?,19-,20-/m1/s1. The molecule has 1 fully saturated rings. The highest BCUT2D eigenvalue weighted by molar-refractivity contribution is 5.35. The lowest BCUT2D eigenvalue weighted by molar-refractivity contribution is 0.259. The van der Waals surface area contributed by atoms with E-state index >= 15 is 0 Å². The first-order valence-electron chi connectivity index (χ1n) is 8.25. The van der Waals surface area contributed by atoms with Gasteiger partial charge in [0.05, 0.1) is 0 Å². The number of halogens is 1. The molecule has 1 aliphatic carbocycles. The van der Waals surface area contributed by atoms with E-state index in [1.807, 2.05) is 12.1 Å². The fourth-order valence-electron chi connectivity index (χ4n) is 4.51. The Morgan fingerprint density at radius 3 is 2.68 bits per heavy atom. The minimum Gasteiger partial charge on any atom is -0.302 e. The first kappa shape index (κ1) is 14.0. The summed E-state index contributed by atoms with van der Waals surface area (Å²) < 4.78 is 13.1. The van der Waals surface area contributed by atoms with Crippen LogP contribution in [0.1, 0.15) is 29.0 Å². The van der Waals surface area contributed by atoms with Crippen LogP contribution >= 0.6 is 0 Å². The van der Waals surface area contributed by atoms with Gasteiger partial charge in [-0.1, -0.05) is 36.4 Å². The number of fused-ring (bicyclic) bond motifs is 3. The van der Waals surface area contributed by atoms with Crippen LogP contribution in [0.2, 0.25) is 0 Å². The average molecular weight is 295 g/mol. The number of aryl methyl sites for hydroxylation is 1. The molecule has 1 heterocycles. The Morgan fingerprint density at radius 2 is 1.86 bits per heavy atom. The number of likely N-dealkylation sites (N-methyl/N-ethyl adjacent to an activating group) is 1. The summed E-state index contributed by atoms with van der Waals surface area (Å²) in [6.45, 7) is 1.15. The summed E-state index contributed by atoms with van der Waals surface area (Å²) in [6.07, 6.45) is 3.50. The molecule has 0 N–H and O–H groups in total. The zero-order valence-corrected chi connectivity index (χ0v) is 13.0. The number of hydrogen-bond acceptors (Lipinski definition) is 1. The third kappa shape index (κ3) is 2.36. The molecule has 0 saturated carbocycles. The minimum atomic E-state index is -0.145. The molecular formula is C20H22FN. The molecule has 4 rings (SSSR count). The number of likely N-dealkylation sites (tertiary alicyclic amines) is 1. The Morgan fingerprint density at radius 1 is 1.09 bits per heavy atom. The largest absolute Gasteiger partial charge is 0.302 e. The highest BCUT2D eigenvalue weighted by Gasteiger charge is 2.42. The minimum absolute atomic E-state index is 0.145. The van der Waals surface area contributed by atoms with Crippen molar-refractivity contribution in [3.05, 3.63) is 71.0 Å². The van der Waals surface area contributed by atoms with Gasteiger partial charge < -0.3 is 4.90 Å². The number of benzene rings is 2. The lowest BCUT2D eigenvalue weighted by atomic mass is 9.74. The highest BCUT2D eigenvalue weighted by atomic mass is 19.1. The molecule has 0 aromatic heterocycles. The summed E-state index contributed by atoms with van der Waals surface area (Å²) in [6, 6.07) is 16.6. The van der Waals surface area contributed by atoms with Crippen LogP contribution in [0.3, 0.4) is 0 Å². The molecule has 1 nitrogen and oxygen atoms in total. The van der Waals surface area contributed by atoms with Gasteiger partial charge >= 0.3 is 0 Å². The molecule has 2 heteroatoms. The predicted molar refractivity (Wildman–Crippen MR) is 87.5 cm³/mol. The zero-order chi connectivity index (χ0) is 15.1. The Labute approximate surface area is 131 Å². The zero-order valence-electron chi connectivity index (χ0n) is 13.0. The Balaban J connectivity index is 1.59. The van der Waals surface area contributed by atoms with Gasteiger partial charge in [-0.15, -0.1) is 0 Å². The molecule has 1 unspecified atom stereocenters. The lowest BCUT2D eigenvalue weighted by Crippen LogP contribution is -2.32. The summed E-state index contributed by atoms with van der Waals surface area (Å²) in [4.78, 5) is 2.51. The van der Waals surface area contributed by atoms with E-state index in [0.29, 0.717) is 12.0 Å². The van der Waals surface area contributed by atoms with Crippen LogP contribution in [0.15, 0.2) is 48.5 Å². The number of nitrogens with zero attached hydrogens (tertiary/aromatic N) is 1. The van der Waals surface area contributed by atoms with Crippen molar-refractivity contribution in [1.82, 2.24) is 4.90 Å². The maximum absolute atomic E-state index is 13.1. The van der Waals surface area contributed by atoms with Crippen LogP contribution < -0.4 is 0 Å². The van der Waals surface area contributed by atoms with E-state index in [9.17, 15) is 4.39 Å². The first-order valence-corrected chi connectivity index (χ1v) is 8.25. The maximum Gasteiger partial charge on any atom is 0.123 e. The van der Waals surface area contributed by atoms with Gasteiger partial charge in [0, 0.05) is 18.5 Å². The van der Waals surface area contributed by atoms with Crippen molar-refractivity contribution < 1.29 is 4.39 Å². The molecule has 1 aliphatic heterocycles. The molecule has 2 aromatic rings.